The van der Waals surface area contributed by atoms with E-state index in [-0.39, 0.29) is 12.6 Å². The number of carbonyl (C=O) groups is 1. The minimum Gasteiger partial charge on any atom is -0.331 e. The fourth-order valence-corrected chi connectivity index (χ4v) is 4.10. The van der Waals surface area contributed by atoms with E-state index in [9.17, 15) is 4.79 Å². The van der Waals surface area contributed by atoms with E-state index >= 15 is 0 Å². The first kappa shape index (κ1) is 17.6. The van der Waals surface area contributed by atoms with Gasteiger partial charge in [0.15, 0.2) is 5.82 Å². The minimum absolute atomic E-state index is 0.250. The Morgan fingerprint density at radius 1 is 1.15 bits per heavy atom. The van der Waals surface area contributed by atoms with E-state index in [4.69, 9.17) is 0 Å². The lowest BCUT2D eigenvalue weighted by molar-refractivity contribution is 0.251. The molecule has 2 aromatic heterocycles. The van der Waals surface area contributed by atoms with Crippen LogP contribution in [-0.2, 0) is 6.54 Å². The molecule has 0 radical (unpaired) electrons. The lowest BCUT2D eigenvalue weighted by Crippen LogP contribution is -2.28. The maximum Gasteiger partial charge on any atom is 0.321 e. The van der Waals surface area contributed by atoms with Crippen LogP contribution in [0.2, 0.25) is 0 Å². The van der Waals surface area contributed by atoms with Crippen molar-refractivity contribution >= 4 is 22.5 Å². The van der Waals surface area contributed by atoms with Gasteiger partial charge >= 0.3 is 6.03 Å². The number of benzene rings is 1. The second-order valence-electron chi connectivity index (χ2n) is 6.56. The van der Waals surface area contributed by atoms with Gasteiger partial charge in [-0.05, 0) is 12.8 Å². The van der Waals surface area contributed by atoms with E-state index in [1.165, 1.54) is 30.6 Å². The number of hydrogen-bond acceptors (Lipinski definition) is 6. The smallest absolute Gasteiger partial charge is 0.321 e. The summed E-state index contributed by atoms with van der Waals surface area (Å²) in [4.78, 5) is 16.5. The van der Waals surface area contributed by atoms with Crippen LogP contribution in [0.1, 0.15) is 48.9 Å². The van der Waals surface area contributed by atoms with Crippen molar-refractivity contribution in [3.63, 3.8) is 0 Å². The molecule has 1 fully saturated rings. The number of aromatic amines is 1. The largest absolute Gasteiger partial charge is 0.331 e. The summed E-state index contributed by atoms with van der Waals surface area (Å²) in [5.41, 5.74) is 0.925. The summed E-state index contributed by atoms with van der Waals surface area (Å²) in [7, 11) is 0. The summed E-state index contributed by atoms with van der Waals surface area (Å²) in [6, 6.07) is 9.34. The molecule has 0 spiro atoms. The molecule has 1 aliphatic rings. The number of nitrogens with one attached hydrogen (secondary N) is 3. The summed E-state index contributed by atoms with van der Waals surface area (Å²) in [6.45, 7) is 0.250. The molecule has 9 heteroatoms. The minimum atomic E-state index is -0.334. The van der Waals surface area contributed by atoms with Gasteiger partial charge in [0.05, 0.1) is 6.54 Å². The van der Waals surface area contributed by atoms with Crippen molar-refractivity contribution in [3.8, 4) is 11.4 Å². The molecule has 1 aliphatic carbocycles. The third-order valence-electron chi connectivity index (χ3n) is 4.60. The van der Waals surface area contributed by atoms with Crippen LogP contribution in [-0.4, -0.2) is 31.4 Å². The van der Waals surface area contributed by atoms with Crippen LogP contribution in [0.25, 0.3) is 11.4 Å². The quantitative estimate of drug-likeness (QED) is 0.622. The zero-order chi connectivity index (χ0) is 18.5. The van der Waals surface area contributed by atoms with Crippen molar-refractivity contribution in [2.45, 2.75) is 44.6 Å². The molecule has 1 aromatic carbocycles. The fourth-order valence-electron chi connectivity index (χ4n) is 3.20. The normalized spacial score (nSPS) is 14.8. The summed E-state index contributed by atoms with van der Waals surface area (Å²) >= 11 is 1.46. The molecular weight excluding hydrogens is 362 g/mol. The molecule has 3 N–H and O–H groups in total. The topological polar surface area (TPSA) is 108 Å². The van der Waals surface area contributed by atoms with Gasteiger partial charge in [-0.2, -0.15) is 5.10 Å². The van der Waals surface area contributed by atoms with Gasteiger partial charge in [0.25, 0.3) is 0 Å². The Morgan fingerprint density at radius 3 is 2.78 bits per heavy atom. The van der Waals surface area contributed by atoms with Crippen LogP contribution in [0, 0.1) is 0 Å². The van der Waals surface area contributed by atoms with Crippen LogP contribution in [0.3, 0.4) is 0 Å². The Labute approximate surface area is 160 Å². The molecule has 2 amide bonds. The van der Waals surface area contributed by atoms with Crippen molar-refractivity contribution in [1.82, 2.24) is 30.7 Å². The average molecular weight is 383 g/mol. The molecule has 2 heterocycles. The molecule has 140 valence electrons. The number of carbonyl (C=O) groups excluding carboxylic acids is 1. The Kier molecular flexibility index (Phi) is 5.38. The Morgan fingerprint density at radius 2 is 1.96 bits per heavy atom. The van der Waals surface area contributed by atoms with Gasteiger partial charge in [-0.15, -0.1) is 10.2 Å². The first-order chi connectivity index (χ1) is 13.3. The lowest BCUT2D eigenvalue weighted by atomic mass is 9.90. The zero-order valence-electron chi connectivity index (χ0n) is 14.8. The number of rotatable bonds is 5. The molecule has 8 nitrogen and oxygen atoms in total. The summed E-state index contributed by atoms with van der Waals surface area (Å²) in [5, 5.41) is 22.4. The number of anilines is 1. The second-order valence-corrected chi connectivity index (χ2v) is 7.57. The molecule has 1 saturated carbocycles. The Balaban J connectivity index is 1.29. The van der Waals surface area contributed by atoms with Crippen LogP contribution >= 0.6 is 11.3 Å². The molecule has 0 saturated heterocycles. The monoisotopic (exact) mass is 383 g/mol. The maximum absolute atomic E-state index is 12.1. The van der Waals surface area contributed by atoms with Gasteiger partial charge < -0.3 is 5.32 Å². The van der Waals surface area contributed by atoms with E-state index in [0.29, 0.717) is 22.7 Å². The van der Waals surface area contributed by atoms with Gasteiger partial charge in [0.2, 0.25) is 5.13 Å². The third-order valence-corrected chi connectivity index (χ3v) is 5.60. The maximum atomic E-state index is 12.1. The number of aromatic nitrogens is 5. The number of nitrogens with zero attached hydrogens (tertiary/aromatic N) is 4. The van der Waals surface area contributed by atoms with Crippen molar-refractivity contribution in [2.75, 3.05) is 5.32 Å². The first-order valence-electron chi connectivity index (χ1n) is 9.13. The summed E-state index contributed by atoms with van der Waals surface area (Å²) < 4.78 is 0. The molecule has 27 heavy (non-hydrogen) atoms. The van der Waals surface area contributed by atoms with Crippen molar-refractivity contribution in [1.29, 1.82) is 0 Å². The van der Waals surface area contributed by atoms with E-state index < -0.39 is 0 Å². The van der Waals surface area contributed by atoms with Gasteiger partial charge in [-0.1, -0.05) is 60.9 Å². The molecular formula is C18H21N7OS. The van der Waals surface area contributed by atoms with Crippen LogP contribution in [0.15, 0.2) is 30.3 Å². The number of amides is 2. The molecule has 3 aromatic rings. The van der Waals surface area contributed by atoms with Crippen LogP contribution in [0.4, 0.5) is 9.93 Å². The highest BCUT2D eigenvalue weighted by molar-refractivity contribution is 7.15. The van der Waals surface area contributed by atoms with Gasteiger partial charge in [-0.25, -0.2) is 9.78 Å². The first-order valence-corrected chi connectivity index (χ1v) is 9.94. The van der Waals surface area contributed by atoms with Gasteiger partial charge in [-0.3, -0.25) is 10.4 Å². The van der Waals surface area contributed by atoms with E-state index in [1.807, 2.05) is 30.3 Å². The van der Waals surface area contributed by atoms with E-state index in [0.717, 1.165) is 23.4 Å². The summed E-state index contributed by atoms with van der Waals surface area (Å²) in [5.74, 6) is 1.68. The number of urea groups is 1. The van der Waals surface area contributed by atoms with Crippen molar-refractivity contribution < 1.29 is 4.79 Å². The predicted octanol–water partition coefficient (Wildman–Crippen LogP) is 3.69. The van der Waals surface area contributed by atoms with E-state index in [2.05, 4.69) is 36.0 Å². The highest BCUT2D eigenvalue weighted by Gasteiger charge is 2.20. The third kappa shape index (κ3) is 4.48. The lowest BCUT2D eigenvalue weighted by Gasteiger charge is -2.18. The SMILES string of the molecule is O=C(NCc1nc(-c2ccccc2)n[nH]1)Nc1nnc(C2CCCCC2)s1. The number of hydrogen-bond donors (Lipinski definition) is 3. The van der Waals surface area contributed by atoms with Crippen LogP contribution in [0.5, 0.6) is 0 Å². The van der Waals surface area contributed by atoms with Crippen LogP contribution < -0.4 is 10.6 Å². The summed E-state index contributed by atoms with van der Waals surface area (Å²) in [6.07, 6.45) is 6.12. The average Bonchev–Trinajstić information content (AvgIpc) is 3.37. The standard InChI is InChI=1S/C18H21N7OS/c26-17(21-18-25-24-16(27-18)13-9-5-2-6-10-13)19-11-14-20-15(23-22-14)12-7-3-1-4-8-12/h1,3-4,7-8,13H,2,5-6,9-11H2,(H,20,22,23)(H2,19,21,25,26). The van der Waals surface area contributed by atoms with Gasteiger partial charge in [0.1, 0.15) is 10.8 Å². The van der Waals surface area contributed by atoms with Gasteiger partial charge in [0, 0.05) is 11.5 Å². The highest BCUT2D eigenvalue weighted by Crippen LogP contribution is 2.35. The van der Waals surface area contributed by atoms with Crippen molar-refractivity contribution in [3.05, 3.63) is 41.2 Å². The molecule has 0 atom stereocenters. The Bertz CT molecular complexity index is 886. The number of H-pyrrole nitrogens is 1. The fraction of sp³-hybridized carbons (Fsp3) is 0.389. The molecule has 0 bridgehead atoms. The zero-order valence-corrected chi connectivity index (χ0v) is 15.6. The molecule has 0 aliphatic heterocycles. The van der Waals surface area contributed by atoms with E-state index in [1.54, 1.807) is 0 Å². The molecule has 4 rings (SSSR count). The second kappa shape index (κ2) is 8.26. The van der Waals surface area contributed by atoms with Crippen molar-refractivity contribution in [2.24, 2.45) is 0 Å². The highest BCUT2D eigenvalue weighted by atomic mass is 32.1. The Hall–Kier alpha value is -2.81. The predicted molar refractivity (Wildman–Crippen MR) is 103 cm³/mol. The molecule has 0 unspecified atom stereocenters.